The largest absolute Gasteiger partial charge is 0.488 e. The molecule has 4 nitrogen and oxygen atoms in total. The number of para-hydroxylation sites is 1. The SMILES string of the molecule is CN1C(=S)N=NC1COc1ccccc1Cl. The summed E-state index contributed by atoms with van der Waals surface area (Å²) < 4.78 is 5.55. The number of likely N-dealkylation sites (N-methyl/N-ethyl adjacent to an activating group) is 1. The molecule has 0 amide bonds. The molecule has 1 aromatic carbocycles. The van der Waals surface area contributed by atoms with Crippen molar-refractivity contribution in [2.24, 2.45) is 10.2 Å². The lowest BCUT2D eigenvalue weighted by molar-refractivity contribution is 0.229. The van der Waals surface area contributed by atoms with Crippen LogP contribution in [0, 0.1) is 0 Å². The van der Waals surface area contributed by atoms with Crippen LogP contribution in [-0.2, 0) is 0 Å². The van der Waals surface area contributed by atoms with Gasteiger partial charge in [-0.1, -0.05) is 23.7 Å². The molecule has 1 aliphatic rings. The van der Waals surface area contributed by atoms with Crippen molar-refractivity contribution in [2.75, 3.05) is 13.7 Å². The number of nitrogens with zero attached hydrogens (tertiary/aromatic N) is 3. The molecule has 0 N–H and O–H groups in total. The first-order chi connectivity index (χ1) is 7.68. The molecule has 0 fully saturated rings. The zero-order valence-electron chi connectivity index (χ0n) is 8.63. The maximum Gasteiger partial charge on any atom is 0.217 e. The number of benzene rings is 1. The van der Waals surface area contributed by atoms with Gasteiger partial charge in [-0.25, -0.2) is 0 Å². The molecular weight excluding hydrogens is 246 g/mol. The van der Waals surface area contributed by atoms with Crippen LogP contribution in [-0.4, -0.2) is 29.8 Å². The van der Waals surface area contributed by atoms with E-state index in [0.29, 0.717) is 22.5 Å². The first kappa shape index (κ1) is 11.3. The molecule has 0 radical (unpaired) electrons. The molecule has 1 aromatic rings. The van der Waals surface area contributed by atoms with Crippen LogP contribution in [0.4, 0.5) is 0 Å². The monoisotopic (exact) mass is 255 g/mol. The summed E-state index contributed by atoms with van der Waals surface area (Å²) in [5.74, 6) is 0.644. The van der Waals surface area contributed by atoms with Gasteiger partial charge in [0.25, 0.3) is 0 Å². The Hall–Kier alpha value is -1.20. The molecule has 0 saturated carbocycles. The molecule has 0 aromatic heterocycles. The third-order valence-corrected chi connectivity index (χ3v) is 2.93. The van der Waals surface area contributed by atoms with E-state index in [1.165, 1.54) is 0 Å². The van der Waals surface area contributed by atoms with Crippen LogP contribution in [0.3, 0.4) is 0 Å². The van der Waals surface area contributed by atoms with Crippen molar-refractivity contribution in [3.8, 4) is 5.75 Å². The zero-order chi connectivity index (χ0) is 11.5. The van der Waals surface area contributed by atoms with Gasteiger partial charge in [-0.3, -0.25) is 0 Å². The molecule has 1 atom stereocenters. The van der Waals surface area contributed by atoms with Crippen molar-refractivity contribution in [3.63, 3.8) is 0 Å². The Bertz CT molecular complexity index is 438. The van der Waals surface area contributed by atoms with Gasteiger partial charge in [0.2, 0.25) is 5.11 Å². The summed E-state index contributed by atoms with van der Waals surface area (Å²) in [5, 5.41) is 8.85. The number of azo groups is 1. The normalized spacial score (nSPS) is 19.2. The lowest BCUT2D eigenvalue weighted by atomic mass is 10.3. The van der Waals surface area contributed by atoms with Crippen LogP contribution in [0.2, 0.25) is 5.02 Å². The van der Waals surface area contributed by atoms with Gasteiger partial charge in [-0.2, -0.15) is 5.11 Å². The Labute approximate surface area is 104 Å². The summed E-state index contributed by atoms with van der Waals surface area (Å²) in [6.45, 7) is 0.379. The Morgan fingerprint density at radius 3 is 2.88 bits per heavy atom. The Kier molecular flexibility index (Phi) is 3.36. The van der Waals surface area contributed by atoms with E-state index in [9.17, 15) is 0 Å². The average molecular weight is 256 g/mol. The first-order valence-electron chi connectivity index (χ1n) is 4.73. The maximum atomic E-state index is 5.96. The average Bonchev–Trinajstić information content (AvgIpc) is 2.59. The van der Waals surface area contributed by atoms with Crippen LogP contribution < -0.4 is 4.74 Å². The van der Waals surface area contributed by atoms with E-state index in [-0.39, 0.29) is 6.17 Å². The zero-order valence-corrected chi connectivity index (χ0v) is 10.2. The van der Waals surface area contributed by atoms with E-state index >= 15 is 0 Å². The highest BCUT2D eigenvalue weighted by Crippen LogP contribution is 2.24. The lowest BCUT2D eigenvalue weighted by Gasteiger charge is -2.18. The van der Waals surface area contributed by atoms with Crippen molar-refractivity contribution < 1.29 is 4.74 Å². The minimum absolute atomic E-state index is 0.163. The fourth-order valence-corrected chi connectivity index (χ4v) is 1.62. The van der Waals surface area contributed by atoms with Gasteiger partial charge < -0.3 is 9.64 Å². The number of thiocarbonyl (C=S) groups is 1. The number of hydrogen-bond donors (Lipinski definition) is 0. The molecular formula is C10H10ClN3OS. The number of hydrogen-bond acceptors (Lipinski definition) is 3. The summed E-state index contributed by atoms with van der Waals surface area (Å²) in [5.41, 5.74) is 0. The van der Waals surface area contributed by atoms with Gasteiger partial charge in [0.1, 0.15) is 12.4 Å². The van der Waals surface area contributed by atoms with E-state index in [4.69, 9.17) is 28.6 Å². The van der Waals surface area contributed by atoms with E-state index in [0.717, 1.165) is 0 Å². The maximum absolute atomic E-state index is 5.96. The van der Waals surface area contributed by atoms with Gasteiger partial charge in [0, 0.05) is 7.05 Å². The summed E-state index contributed by atoms with van der Waals surface area (Å²) >= 11 is 10.9. The highest BCUT2D eigenvalue weighted by molar-refractivity contribution is 7.80. The predicted molar refractivity (Wildman–Crippen MR) is 66.0 cm³/mol. The van der Waals surface area contributed by atoms with Crippen molar-refractivity contribution in [3.05, 3.63) is 29.3 Å². The molecule has 1 unspecified atom stereocenters. The molecule has 0 saturated heterocycles. The first-order valence-corrected chi connectivity index (χ1v) is 5.52. The summed E-state index contributed by atoms with van der Waals surface area (Å²) in [4.78, 5) is 1.78. The van der Waals surface area contributed by atoms with E-state index in [2.05, 4.69) is 10.2 Å². The van der Waals surface area contributed by atoms with Crippen LogP contribution >= 0.6 is 23.8 Å². The molecule has 16 heavy (non-hydrogen) atoms. The molecule has 0 aliphatic carbocycles. The van der Waals surface area contributed by atoms with Crippen LogP contribution in [0.15, 0.2) is 34.5 Å². The fraction of sp³-hybridized carbons (Fsp3) is 0.300. The van der Waals surface area contributed by atoms with E-state index in [1.807, 2.05) is 25.2 Å². The molecule has 1 aliphatic heterocycles. The van der Waals surface area contributed by atoms with Crippen molar-refractivity contribution in [2.45, 2.75) is 6.17 Å². The Balaban J connectivity index is 1.96. The summed E-state index contributed by atoms with van der Waals surface area (Å²) in [6, 6.07) is 7.31. The predicted octanol–water partition coefficient (Wildman–Crippen LogP) is 2.73. The van der Waals surface area contributed by atoms with Gasteiger partial charge in [-0.05, 0) is 24.4 Å². The van der Waals surface area contributed by atoms with Gasteiger partial charge in [0.15, 0.2) is 6.17 Å². The van der Waals surface area contributed by atoms with Gasteiger partial charge in [0.05, 0.1) is 5.02 Å². The van der Waals surface area contributed by atoms with Gasteiger partial charge in [-0.15, -0.1) is 5.11 Å². The molecule has 1 heterocycles. The van der Waals surface area contributed by atoms with Crippen LogP contribution in [0.25, 0.3) is 0 Å². The summed E-state index contributed by atoms with van der Waals surface area (Å²) in [7, 11) is 1.84. The second kappa shape index (κ2) is 4.76. The van der Waals surface area contributed by atoms with Crippen molar-refractivity contribution in [1.29, 1.82) is 0 Å². The standard InChI is InChI=1S/C10H10ClN3OS/c1-14-9(12-13-10(14)16)6-15-8-5-3-2-4-7(8)11/h2-5,9H,6H2,1H3. The van der Waals surface area contributed by atoms with Crippen LogP contribution in [0.5, 0.6) is 5.75 Å². The molecule has 84 valence electrons. The second-order valence-electron chi connectivity index (χ2n) is 3.33. The number of rotatable bonds is 3. The molecule has 2 rings (SSSR count). The highest BCUT2D eigenvalue weighted by atomic mass is 35.5. The topological polar surface area (TPSA) is 37.2 Å². The molecule has 0 bridgehead atoms. The smallest absolute Gasteiger partial charge is 0.217 e. The van der Waals surface area contributed by atoms with Crippen molar-refractivity contribution in [1.82, 2.24) is 4.90 Å². The number of ether oxygens (including phenoxy) is 1. The van der Waals surface area contributed by atoms with Crippen molar-refractivity contribution >= 4 is 28.9 Å². The quantitative estimate of drug-likeness (QED) is 0.780. The molecule has 6 heteroatoms. The van der Waals surface area contributed by atoms with E-state index in [1.54, 1.807) is 11.0 Å². The van der Waals surface area contributed by atoms with Crippen LogP contribution in [0.1, 0.15) is 0 Å². The third kappa shape index (κ3) is 2.31. The fourth-order valence-electron chi connectivity index (χ4n) is 1.26. The molecule has 0 spiro atoms. The lowest BCUT2D eigenvalue weighted by Crippen LogP contribution is -2.33. The number of halogens is 1. The Morgan fingerprint density at radius 1 is 1.50 bits per heavy atom. The highest BCUT2D eigenvalue weighted by Gasteiger charge is 2.23. The minimum Gasteiger partial charge on any atom is -0.488 e. The second-order valence-corrected chi connectivity index (χ2v) is 4.10. The minimum atomic E-state index is -0.163. The third-order valence-electron chi connectivity index (χ3n) is 2.25. The summed E-state index contributed by atoms with van der Waals surface area (Å²) in [6.07, 6.45) is -0.163. The van der Waals surface area contributed by atoms with E-state index < -0.39 is 0 Å². The Morgan fingerprint density at radius 2 is 2.25 bits per heavy atom. The van der Waals surface area contributed by atoms with Gasteiger partial charge >= 0.3 is 0 Å².